The van der Waals surface area contributed by atoms with Crippen LogP contribution in [-0.2, 0) is 47.5 Å². The Morgan fingerprint density at radius 3 is 2.31 bits per heavy atom. The number of aromatic nitrogens is 3. The average Bonchev–Trinajstić information content (AvgIpc) is 3.50. The standard InChI is InChI=1S/C18H23N5O2S2.C2H6/c24-26-9-7-23(8-10-26)27(25)18-20-17(21-22-18)19-16-14-5-1-3-12(14)11-13-4-2-6-15(13)16;1-2/h11H,1-10H2,(H2,19,20,21,22);1-2H3. The molecule has 0 radical (unpaired) electrons. The van der Waals surface area contributed by atoms with E-state index in [0.29, 0.717) is 35.7 Å². The van der Waals surface area contributed by atoms with Crippen LogP contribution in [0, 0.1) is 0 Å². The van der Waals surface area contributed by atoms with E-state index in [2.05, 4.69) is 26.6 Å². The quantitative estimate of drug-likeness (QED) is 0.770. The second kappa shape index (κ2) is 9.06. The first-order valence-corrected chi connectivity index (χ1v) is 13.2. The lowest BCUT2D eigenvalue weighted by Crippen LogP contribution is -2.39. The van der Waals surface area contributed by atoms with E-state index in [0.717, 1.165) is 25.7 Å². The summed E-state index contributed by atoms with van der Waals surface area (Å²) in [4.78, 5) is 4.46. The van der Waals surface area contributed by atoms with Gasteiger partial charge >= 0.3 is 0 Å². The zero-order valence-corrected chi connectivity index (χ0v) is 18.8. The van der Waals surface area contributed by atoms with Gasteiger partial charge in [0.2, 0.25) is 11.1 Å². The molecular formula is C20H29N5O2S2. The van der Waals surface area contributed by atoms with E-state index < -0.39 is 21.8 Å². The summed E-state index contributed by atoms with van der Waals surface area (Å²) >= 11 is 0. The third-order valence-corrected chi connectivity index (χ3v) is 8.33. The van der Waals surface area contributed by atoms with Crippen molar-refractivity contribution in [2.45, 2.75) is 57.5 Å². The van der Waals surface area contributed by atoms with Crippen LogP contribution in [0.25, 0.3) is 0 Å². The molecule has 158 valence electrons. The molecule has 0 amide bonds. The summed E-state index contributed by atoms with van der Waals surface area (Å²) in [7, 11) is -2.18. The molecule has 2 aliphatic carbocycles. The molecule has 9 heteroatoms. The van der Waals surface area contributed by atoms with Crippen molar-refractivity contribution in [3.8, 4) is 0 Å². The van der Waals surface area contributed by atoms with Crippen LogP contribution in [0.3, 0.4) is 0 Å². The number of nitrogens with one attached hydrogen (secondary N) is 2. The molecule has 3 aliphatic rings. The number of fused-ring (bicyclic) bond motifs is 2. The van der Waals surface area contributed by atoms with E-state index >= 15 is 0 Å². The molecule has 0 bridgehead atoms. The lowest BCUT2D eigenvalue weighted by molar-refractivity contribution is 0.475. The zero-order valence-electron chi connectivity index (χ0n) is 17.1. The minimum atomic E-state index is -1.39. The molecule has 1 saturated heterocycles. The van der Waals surface area contributed by atoms with E-state index in [-0.39, 0.29) is 0 Å². The van der Waals surface area contributed by atoms with Crippen LogP contribution in [0.2, 0.25) is 0 Å². The number of benzene rings is 1. The number of hydrogen-bond donors (Lipinski definition) is 2. The molecule has 2 N–H and O–H groups in total. The second-order valence-electron chi connectivity index (χ2n) is 7.35. The number of rotatable bonds is 4. The molecule has 1 aromatic heterocycles. The van der Waals surface area contributed by atoms with Crippen molar-refractivity contribution in [3.63, 3.8) is 0 Å². The molecule has 0 spiro atoms. The van der Waals surface area contributed by atoms with Crippen molar-refractivity contribution in [2.24, 2.45) is 0 Å². The average molecular weight is 436 g/mol. The van der Waals surface area contributed by atoms with E-state index in [9.17, 15) is 8.42 Å². The number of aryl methyl sites for hydroxylation is 2. The highest BCUT2D eigenvalue weighted by Crippen LogP contribution is 2.39. The molecule has 5 rings (SSSR count). The second-order valence-corrected chi connectivity index (χ2v) is 10.4. The van der Waals surface area contributed by atoms with Gasteiger partial charge in [-0.1, -0.05) is 19.9 Å². The van der Waals surface area contributed by atoms with E-state index in [1.165, 1.54) is 40.8 Å². The topological polar surface area (TPSA) is 91.0 Å². The van der Waals surface area contributed by atoms with Gasteiger partial charge in [-0.2, -0.15) is 4.98 Å². The minimum Gasteiger partial charge on any atom is -0.322 e. The molecule has 7 nitrogen and oxygen atoms in total. The Kier molecular flexibility index (Phi) is 6.46. The molecular weight excluding hydrogens is 406 g/mol. The Balaban J connectivity index is 0.000000994. The Bertz CT molecular complexity index is 901. The van der Waals surface area contributed by atoms with Gasteiger partial charge in [-0.05, 0) is 60.8 Å². The van der Waals surface area contributed by atoms with Gasteiger partial charge < -0.3 is 5.32 Å². The first kappa shape index (κ1) is 20.7. The normalized spacial score (nSPS) is 19.9. The molecule has 1 atom stereocenters. The van der Waals surface area contributed by atoms with Gasteiger partial charge in [0.05, 0.1) is 0 Å². The predicted molar refractivity (Wildman–Crippen MR) is 117 cm³/mol. The highest BCUT2D eigenvalue weighted by atomic mass is 32.2. The van der Waals surface area contributed by atoms with E-state index in [4.69, 9.17) is 0 Å². The highest BCUT2D eigenvalue weighted by molar-refractivity contribution is 7.85. The van der Waals surface area contributed by atoms with Gasteiger partial charge in [0.25, 0.3) is 0 Å². The van der Waals surface area contributed by atoms with Crippen molar-refractivity contribution < 1.29 is 8.42 Å². The lowest BCUT2D eigenvalue weighted by atomic mass is 9.99. The van der Waals surface area contributed by atoms with Crippen molar-refractivity contribution in [1.82, 2.24) is 19.5 Å². The maximum Gasteiger partial charge on any atom is 0.247 e. The lowest BCUT2D eigenvalue weighted by Gasteiger charge is -2.23. The van der Waals surface area contributed by atoms with Crippen molar-refractivity contribution >= 4 is 33.4 Å². The molecule has 1 fully saturated rings. The fraction of sp³-hybridized carbons (Fsp3) is 0.600. The fourth-order valence-corrected chi connectivity index (χ4v) is 6.70. The minimum absolute atomic E-state index is 0.356. The molecule has 29 heavy (non-hydrogen) atoms. The van der Waals surface area contributed by atoms with Crippen LogP contribution in [0.1, 0.15) is 48.9 Å². The summed E-state index contributed by atoms with van der Waals surface area (Å²) in [5.41, 5.74) is 6.91. The summed E-state index contributed by atoms with van der Waals surface area (Å²) < 4.78 is 26.0. The summed E-state index contributed by atoms with van der Waals surface area (Å²) in [6.45, 7) is 5.12. The Labute approximate surface area is 177 Å². The van der Waals surface area contributed by atoms with Gasteiger partial charge in [0.1, 0.15) is 0 Å². The van der Waals surface area contributed by atoms with E-state index in [1.807, 2.05) is 18.2 Å². The molecule has 0 saturated carbocycles. The number of aromatic amines is 1. The summed E-state index contributed by atoms with van der Waals surface area (Å²) in [5, 5.41) is 10.9. The van der Waals surface area contributed by atoms with Crippen molar-refractivity contribution in [1.29, 1.82) is 0 Å². The first-order valence-electron chi connectivity index (χ1n) is 10.6. The largest absolute Gasteiger partial charge is 0.322 e. The van der Waals surface area contributed by atoms with Crippen LogP contribution < -0.4 is 5.32 Å². The van der Waals surface area contributed by atoms with Gasteiger partial charge in [0.15, 0.2) is 11.0 Å². The first-order chi connectivity index (χ1) is 14.2. The summed E-state index contributed by atoms with van der Waals surface area (Å²) in [6.07, 6.45) is 6.89. The fourth-order valence-electron chi connectivity index (χ4n) is 4.37. The zero-order chi connectivity index (χ0) is 20.4. The maximum atomic E-state index is 12.7. The number of hydrogen-bond acceptors (Lipinski definition) is 5. The summed E-state index contributed by atoms with van der Waals surface area (Å²) in [6, 6.07) is 2.40. The summed E-state index contributed by atoms with van der Waals surface area (Å²) in [5.74, 6) is 1.61. The van der Waals surface area contributed by atoms with Crippen LogP contribution in [0.15, 0.2) is 11.2 Å². The van der Waals surface area contributed by atoms with Crippen LogP contribution in [0.5, 0.6) is 0 Å². The van der Waals surface area contributed by atoms with Crippen molar-refractivity contribution in [2.75, 3.05) is 29.9 Å². The Hall–Kier alpha value is -1.58. The van der Waals surface area contributed by atoms with Crippen molar-refractivity contribution in [3.05, 3.63) is 28.3 Å². The molecule has 1 aliphatic heterocycles. The number of nitrogens with zero attached hydrogens (tertiary/aromatic N) is 3. The number of H-pyrrole nitrogens is 1. The van der Waals surface area contributed by atoms with Crippen LogP contribution >= 0.6 is 0 Å². The Morgan fingerprint density at radius 1 is 1.07 bits per heavy atom. The highest BCUT2D eigenvalue weighted by Gasteiger charge is 2.26. The van der Waals surface area contributed by atoms with E-state index in [1.54, 1.807) is 0 Å². The van der Waals surface area contributed by atoms with Gasteiger partial charge in [-0.3, -0.25) is 4.21 Å². The molecule has 1 aromatic carbocycles. The molecule has 2 heterocycles. The van der Waals surface area contributed by atoms with Gasteiger partial charge in [0, 0.05) is 41.1 Å². The SMILES string of the molecule is CC.O=S1CCN(S(=O)c2nc(Nc3c4c(cc5c3CCC5)CCC4)n[nH]2)CC1. The smallest absolute Gasteiger partial charge is 0.247 e. The third-order valence-electron chi connectivity index (χ3n) is 5.71. The van der Waals surface area contributed by atoms with Crippen LogP contribution in [-0.4, -0.2) is 52.5 Å². The third kappa shape index (κ3) is 4.18. The Morgan fingerprint density at radius 2 is 1.69 bits per heavy atom. The molecule has 1 unspecified atom stereocenters. The van der Waals surface area contributed by atoms with Gasteiger partial charge in [-0.25, -0.2) is 13.6 Å². The maximum absolute atomic E-state index is 12.7. The molecule has 2 aromatic rings. The monoisotopic (exact) mass is 435 g/mol. The number of anilines is 2. The van der Waals surface area contributed by atoms with Crippen LogP contribution in [0.4, 0.5) is 11.6 Å². The van der Waals surface area contributed by atoms with Gasteiger partial charge in [-0.15, -0.1) is 5.10 Å². The predicted octanol–water partition coefficient (Wildman–Crippen LogP) is 2.64.